The van der Waals surface area contributed by atoms with E-state index in [1.54, 1.807) is 6.20 Å². The Morgan fingerprint density at radius 2 is 1.75 bits per heavy atom. The number of halogens is 1. The summed E-state index contributed by atoms with van der Waals surface area (Å²) in [6.45, 7) is 1.38. The minimum Gasteiger partial charge on any atom is -0.355 e. The Morgan fingerprint density at radius 1 is 1.00 bits per heavy atom. The van der Waals surface area contributed by atoms with Crippen molar-refractivity contribution in [1.82, 2.24) is 9.97 Å². The molecule has 0 unspecified atom stereocenters. The largest absolute Gasteiger partial charge is 0.355 e. The minimum absolute atomic E-state index is 0.589. The smallest absolute Gasteiger partial charge is 0.224 e. The molecule has 0 amide bonds. The first-order valence-corrected chi connectivity index (χ1v) is 8.15. The third-order valence-electron chi connectivity index (χ3n) is 3.69. The maximum Gasteiger partial charge on any atom is 0.224 e. The predicted molar refractivity (Wildman–Crippen MR) is 99.4 cm³/mol. The van der Waals surface area contributed by atoms with Crippen LogP contribution < -0.4 is 10.2 Å². The monoisotopic (exact) mass is 338 g/mol. The van der Waals surface area contributed by atoms with Crippen LogP contribution in [0.3, 0.4) is 0 Å². The van der Waals surface area contributed by atoms with Crippen LogP contribution in [0.15, 0.2) is 66.9 Å². The van der Waals surface area contributed by atoms with Crippen molar-refractivity contribution >= 4 is 23.4 Å². The van der Waals surface area contributed by atoms with E-state index in [2.05, 4.69) is 32.3 Å². The highest BCUT2D eigenvalue weighted by atomic mass is 35.5. The molecule has 0 saturated carbocycles. The van der Waals surface area contributed by atoms with Crippen LogP contribution in [-0.2, 0) is 13.1 Å². The maximum atomic E-state index is 6.17. The normalized spacial score (nSPS) is 10.4. The van der Waals surface area contributed by atoms with Gasteiger partial charge in [0.2, 0.25) is 5.95 Å². The summed E-state index contributed by atoms with van der Waals surface area (Å²) in [4.78, 5) is 11.0. The Bertz CT molecular complexity index is 792. The van der Waals surface area contributed by atoms with Gasteiger partial charge < -0.3 is 10.2 Å². The van der Waals surface area contributed by atoms with Gasteiger partial charge in [0.15, 0.2) is 0 Å². The molecule has 3 aromatic rings. The lowest BCUT2D eigenvalue weighted by Crippen LogP contribution is -2.18. The fourth-order valence-corrected chi connectivity index (χ4v) is 2.60. The van der Waals surface area contributed by atoms with Crippen LogP contribution in [0.25, 0.3) is 0 Å². The number of rotatable bonds is 6. The Hall–Kier alpha value is -2.59. The van der Waals surface area contributed by atoms with Crippen molar-refractivity contribution in [3.05, 3.63) is 83.0 Å². The van der Waals surface area contributed by atoms with Crippen LogP contribution in [0.5, 0.6) is 0 Å². The van der Waals surface area contributed by atoms with Crippen LogP contribution >= 0.6 is 11.6 Å². The van der Waals surface area contributed by atoms with Gasteiger partial charge in [0.1, 0.15) is 5.82 Å². The van der Waals surface area contributed by atoms with Gasteiger partial charge in [0.05, 0.1) is 0 Å². The van der Waals surface area contributed by atoms with E-state index < -0.39 is 0 Å². The van der Waals surface area contributed by atoms with E-state index >= 15 is 0 Å². The zero-order valence-corrected chi connectivity index (χ0v) is 14.2. The highest BCUT2D eigenvalue weighted by Gasteiger charge is 2.06. The molecule has 0 bridgehead atoms. The second-order valence-electron chi connectivity index (χ2n) is 5.53. The number of hydrogen-bond donors (Lipinski definition) is 1. The molecule has 2 aromatic carbocycles. The first-order valence-electron chi connectivity index (χ1n) is 7.78. The summed E-state index contributed by atoms with van der Waals surface area (Å²) < 4.78 is 0. The third-order valence-corrected chi connectivity index (χ3v) is 4.06. The molecule has 3 rings (SSSR count). The van der Waals surface area contributed by atoms with Crippen molar-refractivity contribution in [2.24, 2.45) is 0 Å². The molecule has 1 heterocycles. The first-order chi connectivity index (χ1) is 11.7. The molecule has 1 aromatic heterocycles. The van der Waals surface area contributed by atoms with Gasteiger partial charge >= 0.3 is 0 Å². The predicted octanol–water partition coefficient (Wildman–Crippen LogP) is 4.38. The molecule has 0 saturated heterocycles. The molecule has 0 aliphatic carbocycles. The quantitative estimate of drug-likeness (QED) is 0.724. The lowest BCUT2D eigenvalue weighted by atomic mass is 10.2. The van der Waals surface area contributed by atoms with Crippen molar-refractivity contribution in [3.8, 4) is 0 Å². The SMILES string of the molecule is CN(Cc1ccccc1)c1ccnc(NCc2ccccc2Cl)n1. The Balaban J connectivity index is 1.66. The van der Waals surface area contributed by atoms with E-state index in [1.165, 1.54) is 5.56 Å². The van der Waals surface area contributed by atoms with Gasteiger partial charge in [0, 0.05) is 31.4 Å². The van der Waals surface area contributed by atoms with Crippen LogP contribution in [0.2, 0.25) is 5.02 Å². The van der Waals surface area contributed by atoms with Gasteiger partial charge in [0.25, 0.3) is 0 Å². The number of benzene rings is 2. The van der Waals surface area contributed by atoms with E-state index in [9.17, 15) is 0 Å². The molecule has 122 valence electrons. The summed E-state index contributed by atoms with van der Waals surface area (Å²) in [5.74, 6) is 1.46. The molecule has 0 spiro atoms. The summed E-state index contributed by atoms with van der Waals surface area (Å²) in [5, 5.41) is 3.97. The second kappa shape index (κ2) is 7.79. The third kappa shape index (κ3) is 4.24. The number of aromatic nitrogens is 2. The molecule has 0 radical (unpaired) electrons. The Kier molecular flexibility index (Phi) is 5.29. The fourth-order valence-electron chi connectivity index (χ4n) is 2.40. The average Bonchev–Trinajstić information content (AvgIpc) is 2.62. The van der Waals surface area contributed by atoms with E-state index in [0.29, 0.717) is 12.5 Å². The summed E-state index contributed by atoms with van der Waals surface area (Å²) in [6, 6.07) is 20.0. The lowest BCUT2D eigenvalue weighted by molar-refractivity contribution is 0.889. The van der Waals surface area contributed by atoms with Crippen LogP contribution in [0, 0.1) is 0 Å². The minimum atomic E-state index is 0.589. The molecular formula is C19H19ClN4. The molecule has 0 aliphatic heterocycles. The summed E-state index contributed by atoms with van der Waals surface area (Å²) in [6.07, 6.45) is 1.76. The highest BCUT2D eigenvalue weighted by Crippen LogP contribution is 2.17. The number of hydrogen-bond acceptors (Lipinski definition) is 4. The second-order valence-corrected chi connectivity index (χ2v) is 5.93. The van der Waals surface area contributed by atoms with Gasteiger partial charge in [-0.1, -0.05) is 60.1 Å². The van der Waals surface area contributed by atoms with Crippen molar-refractivity contribution < 1.29 is 0 Å². The van der Waals surface area contributed by atoms with Crippen LogP contribution in [0.1, 0.15) is 11.1 Å². The lowest BCUT2D eigenvalue weighted by Gasteiger charge is -2.18. The maximum absolute atomic E-state index is 6.17. The zero-order chi connectivity index (χ0) is 16.8. The number of nitrogens with zero attached hydrogens (tertiary/aromatic N) is 3. The van der Waals surface area contributed by atoms with Crippen molar-refractivity contribution in [2.75, 3.05) is 17.3 Å². The molecule has 0 fully saturated rings. The molecule has 0 atom stereocenters. The molecule has 24 heavy (non-hydrogen) atoms. The topological polar surface area (TPSA) is 41.1 Å². The zero-order valence-electron chi connectivity index (χ0n) is 13.5. The first kappa shape index (κ1) is 16.3. The Morgan fingerprint density at radius 3 is 2.54 bits per heavy atom. The van der Waals surface area contributed by atoms with Gasteiger partial charge in [-0.15, -0.1) is 0 Å². The molecular weight excluding hydrogens is 320 g/mol. The van der Waals surface area contributed by atoms with Crippen LogP contribution in [-0.4, -0.2) is 17.0 Å². The average molecular weight is 339 g/mol. The van der Waals surface area contributed by atoms with Crippen LogP contribution in [0.4, 0.5) is 11.8 Å². The molecule has 4 nitrogen and oxygen atoms in total. The number of anilines is 2. The van der Waals surface area contributed by atoms with E-state index in [-0.39, 0.29) is 0 Å². The van der Waals surface area contributed by atoms with Gasteiger partial charge in [-0.05, 0) is 23.3 Å². The molecule has 1 N–H and O–H groups in total. The summed E-state index contributed by atoms with van der Waals surface area (Å²) in [5.41, 5.74) is 2.26. The van der Waals surface area contributed by atoms with Gasteiger partial charge in [-0.25, -0.2) is 4.98 Å². The highest BCUT2D eigenvalue weighted by molar-refractivity contribution is 6.31. The van der Waals surface area contributed by atoms with E-state index in [4.69, 9.17) is 11.6 Å². The fraction of sp³-hybridized carbons (Fsp3) is 0.158. The Labute approximate surface area is 147 Å². The van der Waals surface area contributed by atoms with E-state index in [1.807, 2.05) is 55.6 Å². The number of nitrogens with one attached hydrogen (secondary N) is 1. The van der Waals surface area contributed by atoms with Gasteiger partial charge in [-0.2, -0.15) is 4.98 Å². The summed E-state index contributed by atoms with van der Waals surface area (Å²) >= 11 is 6.17. The van der Waals surface area contributed by atoms with Crippen molar-refractivity contribution in [2.45, 2.75) is 13.1 Å². The molecule has 0 aliphatic rings. The molecule has 5 heteroatoms. The van der Waals surface area contributed by atoms with Crippen molar-refractivity contribution in [3.63, 3.8) is 0 Å². The van der Waals surface area contributed by atoms with Gasteiger partial charge in [-0.3, -0.25) is 0 Å². The standard InChI is InChI=1S/C19H19ClN4/c1-24(14-15-7-3-2-4-8-15)18-11-12-21-19(23-18)22-13-16-9-5-6-10-17(16)20/h2-12H,13-14H2,1H3,(H,21,22,23). The van der Waals surface area contributed by atoms with Crippen molar-refractivity contribution in [1.29, 1.82) is 0 Å². The van der Waals surface area contributed by atoms with E-state index in [0.717, 1.165) is 22.9 Å². The summed E-state index contributed by atoms with van der Waals surface area (Å²) in [7, 11) is 2.02.